The minimum Gasteiger partial charge on any atom is -0.494 e. The summed E-state index contributed by atoms with van der Waals surface area (Å²) in [5.41, 5.74) is 2.63. The molecule has 8 nitrogen and oxygen atoms in total. The van der Waals surface area contributed by atoms with Crippen molar-refractivity contribution in [3.8, 4) is 11.5 Å². The van der Waals surface area contributed by atoms with Gasteiger partial charge in [0, 0.05) is 23.3 Å². The van der Waals surface area contributed by atoms with Crippen LogP contribution >= 0.6 is 0 Å². The van der Waals surface area contributed by atoms with E-state index in [4.69, 9.17) is 9.47 Å². The molecule has 3 rings (SSSR count). The summed E-state index contributed by atoms with van der Waals surface area (Å²) in [4.78, 5) is 37.2. The smallest absolute Gasteiger partial charge is 0.255 e. The van der Waals surface area contributed by atoms with Gasteiger partial charge in [0.2, 0.25) is 5.91 Å². The Labute approximate surface area is 191 Å². The van der Waals surface area contributed by atoms with Crippen molar-refractivity contribution in [1.82, 2.24) is 5.32 Å². The molecule has 8 heteroatoms. The van der Waals surface area contributed by atoms with E-state index < -0.39 is 5.91 Å². The minimum atomic E-state index is -0.447. The van der Waals surface area contributed by atoms with Gasteiger partial charge in [-0.15, -0.1) is 0 Å². The van der Waals surface area contributed by atoms with Crippen LogP contribution in [-0.4, -0.2) is 38.5 Å². The molecule has 0 bridgehead atoms. The second-order valence-electron chi connectivity index (χ2n) is 7.17. The van der Waals surface area contributed by atoms with Crippen molar-refractivity contribution in [2.75, 3.05) is 31.4 Å². The fourth-order valence-corrected chi connectivity index (χ4v) is 3.12. The molecule has 3 aromatic rings. The third-order valence-corrected chi connectivity index (χ3v) is 4.77. The first-order chi connectivity index (χ1) is 15.9. The number of anilines is 2. The zero-order valence-corrected chi connectivity index (χ0v) is 18.6. The lowest BCUT2D eigenvalue weighted by atomic mass is 10.1. The first-order valence-electron chi connectivity index (χ1n) is 10.2. The van der Waals surface area contributed by atoms with Gasteiger partial charge in [-0.05, 0) is 31.2 Å². The molecule has 0 aliphatic carbocycles. The average Bonchev–Trinajstić information content (AvgIpc) is 2.83. The maximum atomic E-state index is 12.5. The predicted octanol–water partition coefficient (Wildman–Crippen LogP) is 3.63. The number of hydrogen-bond acceptors (Lipinski definition) is 5. The fraction of sp³-hybridized carbons (Fsp3) is 0.160. The van der Waals surface area contributed by atoms with Gasteiger partial charge < -0.3 is 25.4 Å². The second kappa shape index (κ2) is 10.8. The molecule has 0 aliphatic heterocycles. The number of amides is 3. The molecule has 0 saturated heterocycles. The van der Waals surface area contributed by atoms with E-state index in [-0.39, 0.29) is 18.4 Å². The van der Waals surface area contributed by atoms with Crippen molar-refractivity contribution in [3.63, 3.8) is 0 Å². The Kier molecular flexibility index (Phi) is 7.64. The topological polar surface area (TPSA) is 106 Å². The van der Waals surface area contributed by atoms with Crippen molar-refractivity contribution in [2.45, 2.75) is 6.92 Å². The SMILES string of the molecule is COc1cc(NC(=O)c2ccccc2)c(OC)cc1NC(=O)CNC(=O)c1cccc(C)c1. The highest BCUT2D eigenvalue weighted by Crippen LogP contribution is 2.36. The fourth-order valence-electron chi connectivity index (χ4n) is 3.12. The highest BCUT2D eigenvalue weighted by molar-refractivity contribution is 6.06. The average molecular weight is 447 g/mol. The summed E-state index contributed by atoms with van der Waals surface area (Å²) in [7, 11) is 2.90. The molecule has 0 spiro atoms. The third-order valence-electron chi connectivity index (χ3n) is 4.77. The highest BCUT2D eigenvalue weighted by Gasteiger charge is 2.17. The number of aryl methyl sites for hydroxylation is 1. The van der Waals surface area contributed by atoms with Crippen molar-refractivity contribution >= 4 is 29.1 Å². The van der Waals surface area contributed by atoms with Gasteiger partial charge in [-0.1, -0.05) is 35.9 Å². The maximum Gasteiger partial charge on any atom is 0.255 e. The van der Waals surface area contributed by atoms with Gasteiger partial charge in [-0.2, -0.15) is 0 Å². The van der Waals surface area contributed by atoms with Gasteiger partial charge in [-0.25, -0.2) is 0 Å². The quantitative estimate of drug-likeness (QED) is 0.489. The van der Waals surface area contributed by atoms with E-state index in [1.54, 1.807) is 54.6 Å². The summed E-state index contributed by atoms with van der Waals surface area (Å²) in [6, 6.07) is 18.9. The highest BCUT2D eigenvalue weighted by atomic mass is 16.5. The zero-order chi connectivity index (χ0) is 23.8. The van der Waals surface area contributed by atoms with Crippen LogP contribution in [0.25, 0.3) is 0 Å². The molecule has 0 radical (unpaired) electrons. The molecule has 0 saturated carbocycles. The van der Waals surface area contributed by atoms with Crippen LogP contribution in [0.1, 0.15) is 26.3 Å². The third kappa shape index (κ3) is 6.10. The number of carbonyl (C=O) groups is 3. The van der Waals surface area contributed by atoms with Crippen LogP contribution in [0.15, 0.2) is 66.7 Å². The Morgan fingerprint density at radius 1 is 0.727 bits per heavy atom. The molecular weight excluding hydrogens is 422 g/mol. The van der Waals surface area contributed by atoms with Crippen molar-refractivity contribution in [3.05, 3.63) is 83.4 Å². The van der Waals surface area contributed by atoms with E-state index in [9.17, 15) is 14.4 Å². The van der Waals surface area contributed by atoms with Crippen LogP contribution < -0.4 is 25.4 Å². The predicted molar refractivity (Wildman–Crippen MR) is 126 cm³/mol. The van der Waals surface area contributed by atoms with Crippen LogP contribution in [0.3, 0.4) is 0 Å². The zero-order valence-electron chi connectivity index (χ0n) is 18.6. The van der Waals surface area contributed by atoms with Gasteiger partial charge in [0.05, 0.1) is 32.1 Å². The number of carbonyl (C=O) groups excluding carboxylic acids is 3. The lowest BCUT2D eigenvalue weighted by Gasteiger charge is -2.16. The van der Waals surface area contributed by atoms with Crippen LogP contribution in [0.2, 0.25) is 0 Å². The number of nitrogens with one attached hydrogen (secondary N) is 3. The lowest BCUT2D eigenvalue weighted by molar-refractivity contribution is -0.115. The Hall–Kier alpha value is -4.33. The molecule has 33 heavy (non-hydrogen) atoms. The maximum absolute atomic E-state index is 12.5. The Morgan fingerprint density at radius 2 is 1.33 bits per heavy atom. The summed E-state index contributed by atoms with van der Waals surface area (Å²) in [5, 5.41) is 8.07. The van der Waals surface area contributed by atoms with E-state index in [0.717, 1.165) is 5.56 Å². The Balaban J connectivity index is 1.70. The molecule has 3 N–H and O–H groups in total. The van der Waals surface area contributed by atoms with Crippen LogP contribution in [0.5, 0.6) is 11.5 Å². The van der Waals surface area contributed by atoms with Gasteiger partial charge in [0.15, 0.2) is 0 Å². The molecule has 0 heterocycles. The van der Waals surface area contributed by atoms with E-state index in [2.05, 4.69) is 16.0 Å². The Morgan fingerprint density at radius 3 is 1.94 bits per heavy atom. The molecule has 170 valence electrons. The number of methoxy groups -OCH3 is 2. The first kappa shape index (κ1) is 23.3. The summed E-state index contributed by atoms with van der Waals surface area (Å²) in [6.07, 6.45) is 0. The molecule has 0 atom stereocenters. The van der Waals surface area contributed by atoms with Gasteiger partial charge in [-0.3, -0.25) is 14.4 Å². The second-order valence-corrected chi connectivity index (χ2v) is 7.17. The molecule has 0 unspecified atom stereocenters. The number of ether oxygens (including phenoxy) is 2. The summed E-state index contributed by atoms with van der Waals surface area (Å²) in [6.45, 7) is 1.65. The normalized spacial score (nSPS) is 10.2. The van der Waals surface area contributed by atoms with Crippen molar-refractivity contribution < 1.29 is 23.9 Å². The van der Waals surface area contributed by atoms with E-state index in [0.29, 0.717) is 34.0 Å². The summed E-state index contributed by atoms with van der Waals surface area (Å²) in [5.74, 6) is -0.460. The lowest BCUT2D eigenvalue weighted by Crippen LogP contribution is -2.33. The van der Waals surface area contributed by atoms with Crippen LogP contribution in [0, 0.1) is 6.92 Å². The molecule has 3 aromatic carbocycles. The van der Waals surface area contributed by atoms with Crippen LogP contribution in [-0.2, 0) is 4.79 Å². The van der Waals surface area contributed by atoms with E-state index in [1.165, 1.54) is 14.2 Å². The number of rotatable bonds is 8. The van der Waals surface area contributed by atoms with Gasteiger partial charge >= 0.3 is 0 Å². The van der Waals surface area contributed by atoms with Gasteiger partial charge in [0.25, 0.3) is 11.8 Å². The van der Waals surface area contributed by atoms with Crippen molar-refractivity contribution in [2.24, 2.45) is 0 Å². The van der Waals surface area contributed by atoms with E-state index in [1.807, 2.05) is 19.1 Å². The molecule has 0 aromatic heterocycles. The standard InChI is InChI=1S/C25H25N3O5/c1-16-8-7-11-18(12-16)24(30)26-15-23(29)27-19-13-22(33-3)20(14-21(19)32-2)28-25(31)17-9-5-4-6-10-17/h4-14H,15H2,1-3H3,(H,26,30)(H,27,29)(H,28,31). The largest absolute Gasteiger partial charge is 0.494 e. The van der Waals surface area contributed by atoms with Crippen LogP contribution in [0.4, 0.5) is 11.4 Å². The number of hydrogen-bond donors (Lipinski definition) is 3. The number of benzene rings is 3. The minimum absolute atomic E-state index is 0.231. The van der Waals surface area contributed by atoms with Crippen molar-refractivity contribution in [1.29, 1.82) is 0 Å². The molecule has 0 fully saturated rings. The van der Waals surface area contributed by atoms with E-state index >= 15 is 0 Å². The Bertz CT molecular complexity index is 1160. The summed E-state index contributed by atoms with van der Waals surface area (Å²) < 4.78 is 10.8. The monoisotopic (exact) mass is 447 g/mol. The molecular formula is C25H25N3O5. The first-order valence-corrected chi connectivity index (χ1v) is 10.2. The summed E-state index contributed by atoms with van der Waals surface area (Å²) >= 11 is 0. The molecule has 0 aliphatic rings. The van der Waals surface area contributed by atoms with Gasteiger partial charge in [0.1, 0.15) is 11.5 Å². The molecule has 3 amide bonds.